The molecule has 0 aliphatic heterocycles. The molecule has 21 heavy (non-hydrogen) atoms. The Morgan fingerprint density at radius 3 is 2.62 bits per heavy atom. The zero-order valence-corrected chi connectivity index (χ0v) is 15.0. The second-order valence-electron chi connectivity index (χ2n) is 5.10. The van der Waals surface area contributed by atoms with Crippen LogP contribution in [0.15, 0.2) is 17.0 Å². The molecule has 1 aromatic rings. The lowest BCUT2D eigenvalue weighted by atomic mass is 9.87. The molecule has 0 spiro atoms. The summed E-state index contributed by atoms with van der Waals surface area (Å²) in [6.07, 6.45) is 3.79. The molecule has 118 valence electrons. The standard InChI is InChI=1S/C13H15BrCl2FNO2S/c14-7-8-3-1-2-4-10(8)18-21(19,20)11-6-5-9(15)13(17)12(11)16/h5-6,8,10,18H,1-4,7H2. The topological polar surface area (TPSA) is 46.2 Å². The third-order valence-corrected chi connectivity index (χ3v) is 6.84. The largest absolute Gasteiger partial charge is 0.242 e. The number of nitrogens with one attached hydrogen (secondary N) is 1. The molecule has 0 bridgehead atoms. The minimum Gasteiger partial charge on any atom is -0.208 e. The predicted molar refractivity (Wildman–Crippen MR) is 86.3 cm³/mol. The van der Waals surface area contributed by atoms with E-state index in [1.807, 2.05) is 0 Å². The summed E-state index contributed by atoms with van der Waals surface area (Å²) < 4.78 is 41.2. The summed E-state index contributed by atoms with van der Waals surface area (Å²) in [7, 11) is -3.87. The molecule has 1 aliphatic rings. The van der Waals surface area contributed by atoms with Gasteiger partial charge in [0, 0.05) is 11.4 Å². The first-order valence-corrected chi connectivity index (χ1v) is 9.94. The van der Waals surface area contributed by atoms with Crippen molar-refractivity contribution in [2.75, 3.05) is 5.33 Å². The van der Waals surface area contributed by atoms with Gasteiger partial charge in [0.15, 0.2) is 5.82 Å². The Labute approximate surface area is 142 Å². The van der Waals surface area contributed by atoms with Crippen LogP contribution < -0.4 is 4.72 Å². The molecule has 0 heterocycles. The maximum Gasteiger partial charge on any atom is 0.242 e. The molecule has 1 saturated carbocycles. The van der Waals surface area contributed by atoms with Gasteiger partial charge in [0.05, 0.1) is 10.0 Å². The Balaban J connectivity index is 2.28. The molecule has 2 atom stereocenters. The van der Waals surface area contributed by atoms with Crippen LogP contribution in [0.5, 0.6) is 0 Å². The fourth-order valence-corrected chi connectivity index (χ4v) is 5.38. The molecule has 2 unspecified atom stereocenters. The maximum absolute atomic E-state index is 13.7. The summed E-state index contributed by atoms with van der Waals surface area (Å²) in [6.45, 7) is 0. The summed E-state index contributed by atoms with van der Waals surface area (Å²) in [4.78, 5) is -0.273. The summed E-state index contributed by atoms with van der Waals surface area (Å²) in [5, 5.41) is 0.0549. The molecule has 1 aromatic carbocycles. The maximum atomic E-state index is 13.7. The van der Waals surface area contributed by atoms with E-state index in [-0.39, 0.29) is 21.9 Å². The summed E-state index contributed by atoms with van der Waals surface area (Å²) in [5.41, 5.74) is 0. The quantitative estimate of drug-likeness (QED) is 0.583. The van der Waals surface area contributed by atoms with Crippen LogP contribution >= 0.6 is 39.1 Å². The van der Waals surface area contributed by atoms with E-state index in [0.29, 0.717) is 0 Å². The second kappa shape index (κ2) is 7.13. The molecule has 0 saturated heterocycles. The van der Waals surface area contributed by atoms with Crippen LogP contribution in [0.1, 0.15) is 25.7 Å². The van der Waals surface area contributed by atoms with Crippen LogP contribution in [0.3, 0.4) is 0 Å². The van der Waals surface area contributed by atoms with Crippen LogP contribution in [-0.4, -0.2) is 19.8 Å². The molecule has 1 fully saturated rings. The number of halogens is 4. The molecule has 0 radical (unpaired) electrons. The van der Waals surface area contributed by atoms with Gasteiger partial charge in [0.1, 0.15) is 4.90 Å². The Morgan fingerprint density at radius 1 is 1.29 bits per heavy atom. The SMILES string of the molecule is O=S(=O)(NC1CCCCC1CBr)c1ccc(Cl)c(F)c1Cl. The fraction of sp³-hybridized carbons (Fsp3) is 0.538. The van der Waals surface area contributed by atoms with Crippen molar-refractivity contribution in [3.63, 3.8) is 0 Å². The van der Waals surface area contributed by atoms with Gasteiger partial charge in [0.25, 0.3) is 0 Å². The van der Waals surface area contributed by atoms with Gasteiger partial charge in [-0.3, -0.25) is 0 Å². The van der Waals surface area contributed by atoms with E-state index in [0.717, 1.165) is 31.0 Å². The summed E-state index contributed by atoms with van der Waals surface area (Å²) in [6, 6.07) is 2.25. The zero-order chi connectivity index (χ0) is 15.6. The molecule has 8 heteroatoms. The Bertz CT molecular complexity index is 627. The highest BCUT2D eigenvalue weighted by Crippen LogP contribution is 2.31. The van der Waals surface area contributed by atoms with Gasteiger partial charge < -0.3 is 0 Å². The number of benzene rings is 1. The van der Waals surface area contributed by atoms with Crippen LogP contribution in [0.25, 0.3) is 0 Å². The van der Waals surface area contributed by atoms with Crippen molar-refractivity contribution in [1.29, 1.82) is 0 Å². The highest BCUT2D eigenvalue weighted by Gasteiger charge is 2.30. The zero-order valence-electron chi connectivity index (χ0n) is 11.1. The Morgan fingerprint density at radius 2 is 1.95 bits per heavy atom. The average molecular weight is 419 g/mol. The first-order valence-electron chi connectivity index (χ1n) is 6.58. The lowest BCUT2D eigenvalue weighted by Crippen LogP contribution is -2.42. The molecule has 3 nitrogen and oxygen atoms in total. The van der Waals surface area contributed by atoms with Gasteiger partial charge in [-0.05, 0) is 30.9 Å². The molecule has 1 aliphatic carbocycles. The number of sulfonamides is 1. The van der Waals surface area contributed by atoms with Gasteiger partial charge in [-0.25, -0.2) is 17.5 Å². The number of alkyl halides is 1. The molecular formula is C13H15BrCl2FNO2S. The van der Waals surface area contributed by atoms with Crippen molar-refractivity contribution in [2.24, 2.45) is 5.92 Å². The van der Waals surface area contributed by atoms with E-state index in [2.05, 4.69) is 20.7 Å². The number of hydrogen-bond donors (Lipinski definition) is 1. The second-order valence-corrected chi connectivity index (χ2v) is 8.22. The highest BCUT2D eigenvalue weighted by molar-refractivity contribution is 9.09. The molecule has 2 rings (SSSR count). The van der Waals surface area contributed by atoms with Crippen LogP contribution in [0.4, 0.5) is 4.39 Å². The van der Waals surface area contributed by atoms with E-state index in [9.17, 15) is 12.8 Å². The first-order chi connectivity index (χ1) is 9.86. The van der Waals surface area contributed by atoms with Crippen molar-refractivity contribution in [3.05, 3.63) is 28.0 Å². The third kappa shape index (κ3) is 3.91. The molecular weight excluding hydrogens is 404 g/mol. The smallest absolute Gasteiger partial charge is 0.208 e. The van der Waals surface area contributed by atoms with Gasteiger partial charge in [-0.2, -0.15) is 0 Å². The van der Waals surface area contributed by atoms with Crippen LogP contribution in [0, 0.1) is 11.7 Å². The van der Waals surface area contributed by atoms with Crippen LogP contribution in [0.2, 0.25) is 10.0 Å². The molecule has 0 aromatic heterocycles. The molecule has 0 amide bonds. The first kappa shape index (κ1) is 17.5. The fourth-order valence-electron chi connectivity index (χ4n) is 2.53. The lowest BCUT2D eigenvalue weighted by molar-refractivity contribution is 0.316. The van der Waals surface area contributed by atoms with Crippen molar-refractivity contribution >= 4 is 49.2 Å². The predicted octanol–water partition coefficient (Wildman–Crippen LogP) is 4.36. The van der Waals surface area contributed by atoms with E-state index in [4.69, 9.17) is 23.2 Å². The Hall–Kier alpha value is 0.120. The number of rotatable bonds is 4. The lowest BCUT2D eigenvalue weighted by Gasteiger charge is -2.30. The van der Waals surface area contributed by atoms with Crippen LogP contribution in [-0.2, 0) is 10.0 Å². The van der Waals surface area contributed by atoms with Crippen molar-refractivity contribution in [3.8, 4) is 0 Å². The van der Waals surface area contributed by atoms with Crippen molar-refractivity contribution < 1.29 is 12.8 Å². The Kier molecular flexibility index (Phi) is 5.93. The minimum atomic E-state index is -3.87. The average Bonchev–Trinajstić information content (AvgIpc) is 2.44. The monoisotopic (exact) mass is 417 g/mol. The summed E-state index contributed by atoms with van der Waals surface area (Å²) >= 11 is 14.8. The normalized spacial score (nSPS) is 23.2. The van der Waals surface area contributed by atoms with Gasteiger partial charge >= 0.3 is 0 Å². The molecule has 1 N–H and O–H groups in total. The van der Waals surface area contributed by atoms with Gasteiger partial charge in [-0.15, -0.1) is 0 Å². The van der Waals surface area contributed by atoms with E-state index >= 15 is 0 Å². The van der Waals surface area contributed by atoms with E-state index < -0.39 is 20.9 Å². The van der Waals surface area contributed by atoms with E-state index in [1.54, 1.807) is 0 Å². The summed E-state index contributed by atoms with van der Waals surface area (Å²) in [5.74, 6) is -0.689. The third-order valence-electron chi connectivity index (χ3n) is 3.70. The van der Waals surface area contributed by atoms with Crippen molar-refractivity contribution in [1.82, 2.24) is 4.72 Å². The minimum absolute atomic E-state index is 0.169. The van der Waals surface area contributed by atoms with Gasteiger partial charge in [0.2, 0.25) is 10.0 Å². The highest BCUT2D eigenvalue weighted by atomic mass is 79.9. The van der Waals surface area contributed by atoms with E-state index in [1.165, 1.54) is 12.1 Å². The van der Waals surface area contributed by atoms with Crippen molar-refractivity contribution in [2.45, 2.75) is 36.6 Å². The van der Waals surface area contributed by atoms with Gasteiger partial charge in [-0.1, -0.05) is 52.0 Å². The number of hydrogen-bond acceptors (Lipinski definition) is 2.